The van der Waals surface area contributed by atoms with E-state index in [2.05, 4.69) is 52.4 Å². The molecule has 0 atom stereocenters. The van der Waals surface area contributed by atoms with Gasteiger partial charge >= 0.3 is 5.91 Å². The molecule has 180 valence electrons. The first kappa shape index (κ1) is 25.3. The molecular weight excluding hydrogens is 588 g/mol. The van der Waals surface area contributed by atoms with Crippen LogP contribution in [-0.2, 0) is 4.79 Å². The van der Waals surface area contributed by atoms with Crippen LogP contribution in [0.1, 0.15) is 22.8 Å². The first-order valence-corrected chi connectivity index (χ1v) is 12.4. The lowest BCUT2D eigenvalue weighted by Crippen LogP contribution is -2.26. The van der Waals surface area contributed by atoms with Gasteiger partial charge in [0.15, 0.2) is 5.69 Å². The van der Waals surface area contributed by atoms with Gasteiger partial charge in [-0.2, -0.15) is 0 Å². The fourth-order valence-corrected chi connectivity index (χ4v) is 4.78. The average molecular weight is 608 g/mol. The predicted octanol–water partition coefficient (Wildman–Crippen LogP) is 7.43. The number of carbonyl (C=O) groups is 2. The Balaban J connectivity index is 1.68. The van der Waals surface area contributed by atoms with E-state index in [0.717, 1.165) is 15.6 Å². The molecule has 0 saturated carbocycles. The van der Waals surface area contributed by atoms with E-state index >= 15 is 0 Å². The van der Waals surface area contributed by atoms with Crippen molar-refractivity contribution >= 4 is 66.3 Å². The van der Waals surface area contributed by atoms with Crippen molar-refractivity contribution in [3.63, 3.8) is 0 Å². The molecule has 7 nitrogen and oxygen atoms in total. The van der Waals surface area contributed by atoms with Gasteiger partial charge in [-0.15, -0.1) is 10.2 Å². The fraction of sp³-hybridized carbons (Fsp3) is 0.0370. The number of benzene rings is 3. The summed E-state index contributed by atoms with van der Waals surface area (Å²) < 4.78 is 1.45. The topological polar surface area (TPSA) is 107 Å². The zero-order valence-corrected chi connectivity index (χ0v) is 22.2. The molecule has 0 saturated heterocycles. The average Bonchev–Trinajstić information content (AvgIpc) is 3.18. The summed E-state index contributed by atoms with van der Waals surface area (Å²) in [6.07, 6.45) is 3.41. The molecule has 3 N–H and O–H groups in total. The molecule has 0 aliphatic carbocycles. The number of carbonyl (C=O) groups excluding carboxylic acids is 2. The SMILES string of the molecule is CC(=C\c1ccccc1)/C=C(/NC(=O)c1ccccc1)C(=O)N=Nc1c(O)[nH]c2c(Br)cc(Br)cc12. The van der Waals surface area contributed by atoms with E-state index in [1.807, 2.05) is 49.4 Å². The summed E-state index contributed by atoms with van der Waals surface area (Å²) in [4.78, 5) is 28.7. The maximum absolute atomic E-state index is 13.1. The predicted molar refractivity (Wildman–Crippen MR) is 147 cm³/mol. The van der Waals surface area contributed by atoms with E-state index in [9.17, 15) is 14.7 Å². The first-order chi connectivity index (χ1) is 17.3. The number of aromatic nitrogens is 1. The van der Waals surface area contributed by atoms with Crippen molar-refractivity contribution < 1.29 is 14.7 Å². The highest BCUT2D eigenvalue weighted by molar-refractivity contribution is 9.11. The van der Waals surface area contributed by atoms with Gasteiger partial charge in [0.25, 0.3) is 5.91 Å². The van der Waals surface area contributed by atoms with Gasteiger partial charge in [-0.25, -0.2) is 0 Å². The highest BCUT2D eigenvalue weighted by atomic mass is 79.9. The van der Waals surface area contributed by atoms with E-state index < -0.39 is 11.8 Å². The molecule has 3 aromatic carbocycles. The molecule has 4 rings (SSSR count). The Kier molecular flexibility index (Phi) is 7.92. The highest BCUT2D eigenvalue weighted by Crippen LogP contribution is 2.40. The zero-order valence-electron chi connectivity index (χ0n) is 19.0. The van der Waals surface area contributed by atoms with Crippen molar-refractivity contribution in [2.75, 3.05) is 0 Å². The van der Waals surface area contributed by atoms with Crippen molar-refractivity contribution in [1.29, 1.82) is 0 Å². The molecule has 0 radical (unpaired) electrons. The minimum atomic E-state index is -0.775. The smallest absolute Gasteiger partial charge is 0.311 e. The van der Waals surface area contributed by atoms with Gasteiger partial charge in [0, 0.05) is 19.9 Å². The van der Waals surface area contributed by atoms with Crippen molar-refractivity contribution in [1.82, 2.24) is 10.3 Å². The van der Waals surface area contributed by atoms with Crippen molar-refractivity contribution in [2.45, 2.75) is 6.92 Å². The molecule has 2 amide bonds. The maximum Gasteiger partial charge on any atom is 0.311 e. The summed E-state index contributed by atoms with van der Waals surface area (Å²) in [5, 5.41) is 21.4. The Morgan fingerprint density at radius 3 is 2.36 bits per heavy atom. The van der Waals surface area contributed by atoms with Gasteiger partial charge in [-0.05, 0) is 64.3 Å². The zero-order chi connectivity index (χ0) is 25.7. The van der Waals surface area contributed by atoms with Crippen LogP contribution >= 0.6 is 31.9 Å². The maximum atomic E-state index is 13.1. The lowest BCUT2D eigenvalue weighted by molar-refractivity contribution is -0.115. The van der Waals surface area contributed by atoms with Crippen LogP contribution in [0.25, 0.3) is 17.0 Å². The number of nitrogens with one attached hydrogen (secondary N) is 2. The third-order valence-corrected chi connectivity index (χ3v) is 6.18. The number of azo groups is 1. The van der Waals surface area contributed by atoms with Gasteiger partial charge < -0.3 is 15.4 Å². The number of aromatic amines is 1. The Hall–Kier alpha value is -3.82. The minimum absolute atomic E-state index is 0.0565. The Morgan fingerprint density at radius 2 is 1.67 bits per heavy atom. The third kappa shape index (κ3) is 6.05. The fourth-order valence-electron chi connectivity index (χ4n) is 3.46. The molecular formula is C27H20Br2N4O3. The molecule has 0 bridgehead atoms. The van der Waals surface area contributed by atoms with Gasteiger partial charge in [-0.3, -0.25) is 9.59 Å². The van der Waals surface area contributed by atoms with Crippen LogP contribution in [-0.4, -0.2) is 21.9 Å². The van der Waals surface area contributed by atoms with Crippen LogP contribution in [0.15, 0.2) is 109 Å². The Labute approximate surface area is 223 Å². The molecule has 0 spiro atoms. The van der Waals surface area contributed by atoms with Crippen LogP contribution in [0, 0.1) is 0 Å². The van der Waals surface area contributed by atoms with Crippen LogP contribution in [0.4, 0.5) is 5.69 Å². The Morgan fingerprint density at radius 1 is 1.00 bits per heavy atom. The number of halogens is 2. The second-order valence-electron chi connectivity index (χ2n) is 7.81. The molecule has 0 fully saturated rings. The summed E-state index contributed by atoms with van der Waals surface area (Å²) >= 11 is 6.83. The molecule has 0 aliphatic heterocycles. The molecule has 4 aromatic rings. The number of aromatic hydroxyl groups is 1. The molecule has 0 unspecified atom stereocenters. The van der Waals surface area contributed by atoms with E-state index in [0.29, 0.717) is 20.9 Å². The molecule has 9 heteroatoms. The minimum Gasteiger partial charge on any atom is -0.493 e. The summed E-state index contributed by atoms with van der Waals surface area (Å²) in [6.45, 7) is 1.81. The largest absolute Gasteiger partial charge is 0.493 e. The van der Waals surface area contributed by atoms with Gasteiger partial charge in [0.1, 0.15) is 5.70 Å². The van der Waals surface area contributed by atoms with Crippen LogP contribution in [0.5, 0.6) is 5.88 Å². The van der Waals surface area contributed by atoms with Gasteiger partial charge in [-0.1, -0.05) is 70.5 Å². The van der Waals surface area contributed by atoms with Crippen molar-refractivity contribution in [3.8, 4) is 5.88 Å². The number of allylic oxidation sites excluding steroid dienone is 2. The standard InChI is InChI=1S/C27H20Br2N4O3/c1-16(12-17-8-4-2-5-9-17)13-22(30-25(34)18-10-6-3-7-11-18)26(35)33-32-24-20-14-19(28)15-21(29)23(20)31-27(24)36/h2-15,31,36H,1H3,(H,30,34)/b16-12+,22-13+,33-32?. The van der Waals surface area contributed by atoms with E-state index in [-0.39, 0.29) is 17.3 Å². The Bertz CT molecular complexity index is 1530. The van der Waals surface area contributed by atoms with E-state index in [1.54, 1.807) is 36.4 Å². The second kappa shape index (κ2) is 11.3. The van der Waals surface area contributed by atoms with Crippen LogP contribution in [0.3, 0.4) is 0 Å². The normalized spacial score (nSPS) is 12.3. The number of hydrogen-bond acceptors (Lipinski definition) is 4. The summed E-state index contributed by atoms with van der Waals surface area (Å²) in [7, 11) is 0. The summed E-state index contributed by atoms with van der Waals surface area (Å²) in [5.74, 6) is -1.47. The summed E-state index contributed by atoms with van der Waals surface area (Å²) in [6, 6.07) is 21.7. The number of fused-ring (bicyclic) bond motifs is 1. The molecule has 36 heavy (non-hydrogen) atoms. The van der Waals surface area contributed by atoms with E-state index in [1.165, 1.54) is 6.08 Å². The number of H-pyrrole nitrogens is 1. The number of nitrogens with zero attached hydrogens (tertiary/aromatic N) is 2. The number of amides is 2. The van der Waals surface area contributed by atoms with E-state index in [4.69, 9.17) is 0 Å². The van der Waals surface area contributed by atoms with Crippen LogP contribution < -0.4 is 5.32 Å². The van der Waals surface area contributed by atoms with Crippen molar-refractivity contribution in [2.24, 2.45) is 10.2 Å². The first-order valence-electron chi connectivity index (χ1n) is 10.8. The van der Waals surface area contributed by atoms with Gasteiger partial charge in [0.05, 0.1) is 5.52 Å². The van der Waals surface area contributed by atoms with Crippen molar-refractivity contribution in [3.05, 3.63) is 110 Å². The quantitative estimate of drug-likeness (QED) is 0.120. The number of hydrogen-bond donors (Lipinski definition) is 3. The lowest BCUT2D eigenvalue weighted by atomic mass is 10.1. The molecule has 1 aromatic heterocycles. The monoisotopic (exact) mass is 606 g/mol. The summed E-state index contributed by atoms with van der Waals surface area (Å²) in [5.41, 5.74) is 2.70. The van der Waals surface area contributed by atoms with Crippen LogP contribution in [0.2, 0.25) is 0 Å². The molecule has 1 heterocycles. The van der Waals surface area contributed by atoms with Gasteiger partial charge in [0.2, 0.25) is 5.88 Å². The second-order valence-corrected chi connectivity index (χ2v) is 9.58. The lowest BCUT2D eigenvalue weighted by Gasteiger charge is -2.07. The third-order valence-electron chi connectivity index (χ3n) is 5.10. The molecule has 0 aliphatic rings. The number of rotatable bonds is 6. The highest BCUT2D eigenvalue weighted by Gasteiger charge is 2.17.